The number of hydrogen-bond acceptors (Lipinski definition) is 9. The van der Waals surface area contributed by atoms with Gasteiger partial charge in [0.2, 0.25) is 0 Å². The van der Waals surface area contributed by atoms with E-state index in [0.717, 1.165) is 27.4 Å². The maximum Gasteiger partial charge on any atom is 0.425 e. The zero-order valence-corrected chi connectivity index (χ0v) is 23.6. The molecule has 2 aromatic rings. The van der Waals surface area contributed by atoms with Gasteiger partial charge in [-0.2, -0.15) is 16.8 Å². The van der Waals surface area contributed by atoms with Crippen LogP contribution < -0.4 is 0 Å². The quantitative estimate of drug-likeness (QED) is 0.318. The molecular weight excluding hydrogens is 538 g/mol. The summed E-state index contributed by atoms with van der Waals surface area (Å²) >= 11 is 0.904. The number of carbonyl (C=O) groups is 1. The topological polar surface area (TPSA) is 116 Å². The Morgan fingerprint density at radius 2 is 1.27 bits per heavy atom. The highest BCUT2D eigenvalue weighted by Gasteiger charge is 2.29. The normalized spacial score (nSPS) is 14.7. The molecule has 0 unspecified atom stereocenters. The van der Waals surface area contributed by atoms with Gasteiger partial charge >= 0.3 is 6.09 Å². The van der Waals surface area contributed by atoms with E-state index in [1.165, 1.54) is 35.7 Å². The number of amides is 1. The predicted octanol–water partition coefficient (Wildman–Crippen LogP) is 5.08. The Hall–Kier alpha value is -2.64. The molecule has 0 spiro atoms. The lowest BCUT2D eigenvalue weighted by molar-refractivity contribution is 0.0430. The number of ether oxygens (including phenoxy) is 1. The Labute approximate surface area is 222 Å². The Morgan fingerprint density at radius 3 is 1.73 bits per heavy atom. The molecule has 0 atom stereocenters. The highest BCUT2D eigenvalue weighted by atomic mass is 32.2. The summed E-state index contributed by atoms with van der Waals surface area (Å²) in [5.41, 5.74) is 1.53. The molecule has 0 radical (unpaired) electrons. The van der Waals surface area contributed by atoms with Crippen molar-refractivity contribution in [3.05, 3.63) is 82.4 Å². The summed E-state index contributed by atoms with van der Waals surface area (Å²) in [6.07, 6.45) is 0.707. The fourth-order valence-electron chi connectivity index (χ4n) is 2.96. The van der Waals surface area contributed by atoms with Gasteiger partial charge in [-0.3, -0.25) is 8.37 Å². The van der Waals surface area contributed by atoms with Crippen molar-refractivity contribution in [1.82, 2.24) is 4.31 Å². The SMILES string of the molecule is Cc1ccc(S(=O)(=O)OCC2=CSN(C(=O)OC(C)(C)C)C(COS(=O)(=O)c3ccc(C)cc3)=C2)cc1. The molecule has 3 rings (SSSR count). The molecule has 12 heteroatoms. The highest BCUT2D eigenvalue weighted by Crippen LogP contribution is 2.31. The molecule has 1 aliphatic rings. The molecule has 200 valence electrons. The molecule has 0 saturated carbocycles. The van der Waals surface area contributed by atoms with Gasteiger partial charge in [0.25, 0.3) is 20.2 Å². The van der Waals surface area contributed by atoms with Crippen LogP contribution in [0.25, 0.3) is 0 Å². The number of rotatable bonds is 8. The fraction of sp³-hybridized carbons (Fsp3) is 0.320. The van der Waals surface area contributed by atoms with Crippen LogP contribution in [0, 0.1) is 13.8 Å². The van der Waals surface area contributed by atoms with Crippen molar-refractivity contribution in [1.29, 1.82) is 0 Å². The second-order valence-corrected chi connectivity index (χ2v) is 13.3. The monoisotopic (exact) mass is 567 g/mol. The van der Waals surface area contributed by atoms with Crippen LogP contribution in [-0.2, 0) is 33.3 Å². The summed E-state index contributed by atoms with van der Waals surface area (Å²) in [5, 5.41) is 1.52. The third-order valence-electron chi connectivity index (χ3n) is 4.84. The third-order valence-corrected chi connectivity index (χ3v) is 8.40. The number of carbonyl (C=O) groups excluding carboxylic acids is 1. The van der Waals surface area contributed by atoms with Crippen LogP contribution in [0.15, 0.2) is 81.1 Å². The minimum Gasteiger partial charge on any atom is -0.443 e. The Kier molecular flexibility index (Phi) is 8.91. The second kappa shape index (κ2) is 11.4. The highest BCUT2D eigenvalue weighted by molar-refractivity contribution is 8.00. The summed E-state index contributed by atoms with van der Waals surface area (Å²) in [5.74, 6) is 0. The third kappa shape index (κ3) is 8.17. The molecule has 0 N–H and O–H groups in total. The molecule has 9 nitrogen and oxygen atoms in total. The van der Waals surface area contributed by atoms with Crippen LogP contribution in [0.3, 0.4) is 0 Å². The Morgan fingerprint density at radius 1 is 0.811 bits per heavy atom. The molecule has 1 amide bonds. The average molecular weight is 568 g/mol. The molecule has 0 fully saturated rings. The fourth-order valence-corrected chi connectivity index (χ4v) is 5.48. The van der Waals surface area contributed by atoms with E-state index in [1.807, 2.05) is 13.8 Å². The first-order chi connectivity index (χ1) is 17.2. The molecular formula is C25H29NO8S3. The maximum absolute atomic E-state index is 12.8. The van der Waals surface area contributed by atoms with Crippen LogP contribution >= 0.6 is 11.9 Å². The molecule has 0 saturated heterocycles. The van der Waals surface area contributed by atoms with Crippen LogP contribution in [-0.4, -0.2) is 46.0 Å². The average Bonchev–Trinajstić information content (AvgIpc) is 2.81. The summed E-state index contributed by atoms with van der Waals surface area (Å²) < 4.78 is 67.5. The number of benzene rings is 2. The molecule has 0 bridgehead atoms. The van der Waals surface area contributed by atoms with Gasteiger partial charge in [0.05, 0.1) is 22.1 Å². The second-order valence-electron chi connectivity index (χ2n) is 9.27. The predicted molar refractivity (Wildman–Crippen MR) is 140 cm³/mol. The van der Waals surface area contributed by atoms with Gasteiger partial charge in [0.1, 0.15) is 12.2 Å². The van der Waals surface area contributed by atoms with Gasteiger partial charge in [-0.25, -0.2) is 9.10 Å². The van der Waals surface area contributed by atoms with E-state index in [2.05, 4.69) is 0 Å². The number of hydrogen-bond donors (Lipinski definition) is 0. The molecule has 0 aliphatic carbocycles. The zero-order valence-electron chi connectivity index (χ0n) is 21.1. The molecule has 0 aromatic heterocycles. The summed E-state index contributed by atoms with van der Waals surface area (Å²) in [6, 6.07) is 12.4. The summed E-state index contributed by atoms with van der Waals surface area (Å²) in [6.45, 7) is 7.94. The van der Waals surface area contributed by atoms with Crippen molar-refractivity contribution < 1.29 is 34.7 Å². The molecule has 37 heavy (non-hydrogen) atoms. The Bertz CT molecular complexity index is 1400. The molecule has 2 aromatic carbocycles. The van der Waals surface area contributed by atoms with Crippen LogP contribution in [0.4, 0.5) is 4.79 Å². The van der Waals surface area contributed by atoms with E-state index in [-0.39, 0.29) is 22.1 Å². The lowest BCUT2D eigenvalue weighted by Crippen LogP contribution is -2.34. The van der Waals surface area contributed by atoms with Crippen molar-refractivity contribution in [3.63, 3.8) is 0 Å². The zero-order chi connectivity index (χ0) is 27.4. The summed E-state index contributed by atoms with van der Waals surface area (Å²) in [7, 11) is -8.16. The molecule has 1 aliphatic heterocycles. The van der Waals surface area contributed by atoms with Gasteiger partial charge < -0.3 is 4.74 Å². The van der Waals surface area contributed by atoms with Gasteiger partial charge in [0, 0.05) is 0 Å². The van der Waals surface area contributed by atoms with Crippen LogP contribution in [0.1, 0.15) is 31.9 Å². The summed E-state index contributed by atoms with van der Waals surface area (Å²) in [4.78, 5) is 12.7. The van der Waals surface area contributed by atoms with Gasteiger partial charge in [-0.05, 0) is 87.9 Å². The van der Waals surface area contributed by atoms with Gasteiger partial charge in [-0.15, -0.1) is 0 Å². The first-order valence-electron chi connectivity index (χ1n) is 11.2. The minimum atomic E-state index is -4.13. The smallest absolute Gasteiger partial charge is 0.425 e. The van der Waals surface area contributed by atoms with E-state index in [9.17, 15) is 21.6 Å². The number of nitrogens with zero attached hydrogens (tertiary/aromatic N) is 1. The largest absolute Gasteiger partial charge is 0.443 e. The van der Waals surface area contributed by atoms with Crippen molar-refractivity contribution in [3.8, 4) is 0 Å². The lowest BCUT2D eigenvalue weighted by atomic mass is 10.2. The van der Waals surface area contributed by atoms with Crippen LogP contribution in [0.2, 0.25) is 0 Å². The van der Waals surface area contributed by atoms with Gasteiger partial charge in [-0.1, -0.05) is 35.4 Å². The number of aryl methyl sites for hydroxylation is 2. The molecule has 1 heterocycles. The van der Waals surface area contributed by atoms with Crippen molar-refractivity contribution >= 4 is 38.3 Å². The Balaban J connectivity index is 1.80. The maximum atomic E-state index is 12.8. The standard InChI is InChI=1S/C25H29NO8S3/c1-18-6-10-22(11-7-18)36(28,29)32-15-20-14-21(26(35-17-20)24(27)34-25(3,4)5)16-33-37(30,31)23-12-8-19(2)9-13-23/h6-14,17H,15-16H2,1-5H3. The van der Waals surface area contributed by atoms with Crippen molar-refractivity contribution in [2.45, 2.75) is 50.0 Å². The van der Waals surface area contributed by atoms with E-state index < -0.39 is 38.5 Å². The van der Waals surface area contributed by atoms with E-state index in [0.29, 0.717) is 5.57 Å². The first kappa shape index (κ1) is 28.9. The van der Waals surface area contributed by atoms with Crippen molar-refractivity contribution in [2.75, 3.05) is 13.2 Å². The van der Waals surface area contributed by atoms with Crippen LogP contribution in [0.5, 0.6) is 0 Å². The first-order valence-corrected chi connectivity index (χ1v) is 14.8. The van der Waals surface area contributed by atoms with E-state index in [4.69, 9.17) is 13.1 Å². The minimum absolute atomic E-state index is 0.00858. The lowest BCUT2D eigenvalue weighted by Gasteiger charge is -2.29. The van der Waals surface area contributed by atoms with Gasteiger partial charge in [0.15, 0.2) is 0 Å². The van der Waals surface area contributed by atoms with Crippen molar-refractivity contribution in [2.24, 2.45) is 0 Å². The van der Waals surface area contributed by atoms with E-state index in [1.54, 1.807) is 45.0 Å². The van der Waals surface area contributed by atoms with E-state index >= 15 is 0 Å².